The Morgan fingerprint density at radius 3 is 2.85 bits per heavy atom. The maximum atomic E-state index is 12.3. The van der Waals surface area contributed by atoms with Gasteiger partial charge in [0.1, 0.15) is 11.3 Å². The molecule has 1 aromatic heterocycles. The topological polar surface area (TPSA) is 88.5 Å². The number of carboxylic acid groups (broad SMARTS) is 1. The summed E-state index contributed by atoms with van der Waals surface area (Å²) < 4.78 is 5.32. The molecule has 1 amide bonds. The van der Waals surface area contributed by atoms with Crippen molar-refractivity contribution in [2.75, 3.05) is 11.9 Å². The number of carbonyl (C=O) groups excluding carboxylic acids is 1. The number of amides is 1. The molecule has 1 aliphatic heterocycles. The number of carboxylic acids is 1. The van der Waals surface area contributed by atoms with Crippen LogP contribution in [-0.4, -0.2) is 28.6 Å². The molecule has 1 aliphatic rings. The Kier molecular flexibility index (Phi) is 3.85. The van der Waals surface area contributed by atoms with Gasteiger partial charge in [0.15, 0.2) is 6.61 Å². The summed E-state index contributed by atoms with van der Waals surface area (Å²) in [5.74, 6) is -0.824. The smallest absolute Gasteiger partial charge is 0.341 e. The molecular formula is C20H14N2O4. The number of carbonyl (C=O) groups is 2. The number of benzene rings is 2. The molecule has 6 heteroatoms. The molecule has 128 valence electrons. The highest BCUT2D eigenvalue weighted by Gasteiger charge is 2.23. The number of aliphatic carboxylic acids is 1. The molecule has 26 heavy (non-hydrogen) atoms. The van der Waals surface area contributed by atoms with Gasteiger partial charge in [0, 0.05) is 28.4 Å². The average Bonchev–Trinajstić information content (AvgIpc) is 2.96. The lowest BCUT2D eigenvalue weighted by Crippen LogP contribution is -2.09. The second-order valence-electron chi connectivity index (χ2n) is 5.79. The molecule has 0 fully saturated rings. The van der Waals surface area contributed by atoms with Gasteiger partial charge in [0.25, 0.3) is 5.91 Å². The zero-order valence-electron chi connectivity index (χ0n) is 13.6. The van der Waals surface area contributed by atoms with Crippen molar-refractivity contribution in [2.45, 2.75) is 0 Å². The van der Waals surface area contributed by atoms with Crippen LogP contribution >= 0.6 is 0 Å². The molecule has 0 saturated carbocycles. The molecule has 2 aromatic carbocycles. The lowest BCUT2D eigenvalue weighted by Gasteiger charge is -2.09. The minimum atomic E-state index is -1.06. The van der Waals surface area contributed by atoms with Crippen molar-refractivity contribution in [1.29, 1.82) is 0 Å². The normalized spacial score (nSPS) is 14.3. The third kappa shape index (κ3) is 2.77. The molecule has 0 radical (unpaired) electrons. The number of anilines is 1. The van der Waals surface area contributed by atoms with Crippen LogP contribution in [-0.2, 0) is 9.59 Å². The number of fused-ring (bicyclic) bond motifs is 2. The molecule has 0 atom stereocenters. The Labute approximate surface area is 148 Å². The summed E-state index contributed by atoms with van der Waals surface area (Å²) in [6, 6.07) is 14.6. The molecular weight excluding hydrogens is 332 g/mol. The maximum absolute atomic E-state index is 12.3. The lowest BCUT2D eigenvalue weighted by atomic mass is 10.0. The molecule has 2 N–H and O–H groups in total. The Morgan fingerprint density at radius 1 is 1.15 bits per heavy atom. The minimum absolute atomic E-state index is 0.158. The number of hydrogen-bond acceptors (Lipinski definition) is 4. The first kappa shape index (κ1) is 15.8. The van der Waals surface area contributed by atoms with Crippen molar-refractivity contribution < 1.29 is 19.4 Å². The van der Waals surface area contributed by atoms with Gasteiger partial charge >= 0.3 is 5.97 Å². The third-order valence-corrected chi connectivity index (χ3v) is 4.13. The third-order valence-electron chi connectivity index (χ3n) is 4.13. The van der Waals surface area contributed by atoms with Crippen LogP contribution in [0.2, 0.25) is 0 Å². The van der Waals surface area contributed by atoms with Gasteiger partial charge in [0.05, 0.1) is 0 Å². The SMILES string of the molecule is O=C(O)COc1ccc(C=C2C(=O)Nc3ccccc32)c2cccnc12. The van der Waals surface area contributed by atoms with E-state index < -0.39 is 12.6 Å². The van der Waals surface area contributed by atoms with Gasteiger partial charge in [-0.25, -0.2) is 4.79 Å². The monoisotopic (exact) mass is 346 g/mol. The highest BCUT2D eigenvalue weighted by molar-refractivity contribution is 6.35. The minimum Gasteiger partial charge on any atom is -0.480 e. The maximum Gasteiger partial charge on any atom is 0.341 e. The Hall–Kier alpha value is -3.67. The van der Waals surface area contributed by atoms with Crippen molar-refractivity contribution in [3.8, 4) is 5.75 Å². The van der Waals surface area contributed by atoms with E-state index in [9.17, 15) is 9.59 Å². The molecule has 0 bridgehead atoms. The number of nitrogens with one attached hydrogen (secondary N) is 1. The van der Waals surface area contributed by atoms with Crippen LogP contribution in [0.1, 0.15) is 11.1 Å². The van der Waals surface area contributed by atoms with E-state index in [1.807, 2.05) is 36.4 Å². The fourth-order valence-corrected chi connectivity index (χ4v) is 2.99. The quantitative estimate of drug-likeness (QED) is 0.708. The largest absolute Gasteiger partial charge is 0.480 e. The van der Waals surface area contributed by atoms with Gasteiger partial charge in [-0.15, -0.1) is 0 Å². The molecule has 3 aromatic rings. The van der Waals surface area contributed by atoms with Crippen molar-refractivity contribution in [1.82, 2.24) is 4.98 Å². The summed E-state index contributed by atoms with van der Waals surface area (Å²) in [6.45, 7) is -0.443. The molecule has 4 rings (SSSR count). The fourth-order valence-electron chi connectivity index (χ4n) is 2.99. The van der Waals surface area contributed by atoms with Crippen molar-refractivity contribution in [3.63, 3.8) is 0 Å². The molecule has 0 spiro atoms. The number of aromatic nitrogens is 1. The molecule has 6 nitrogen and oxygen atoms in total. The number of para-hydroxylation sites is 1. The van der Waals surface area contributed by atoms with Crippen LogP contribution in [0.3, 0.4) is 0 Å². The van der Waals surface area contributed by atoms with E-state index in [1.54, 1.807) is 24.4 Å². The zero-order valence-corrected chi connectivity index (χ0v) is 13.6. The highest BCUT2D eigenvalue weighted by Crippen LogP contribution is 2.35. The second kappa shape index (κ2) is 6.33. The summed E-state index contributed by atoms with van der Waals surface area (Å²) in [5.41, 5.74) is 3.56. The Morgan fingerprint density at radius 2 is 2.00 bits per heavy atom. The van der Waals surface area contributed by atoms with E-state index in [2.05, 4.69) is 10.3 Å². The van der Waals surface area contributed by atoms with E-state index in [1.165, 1.54) is 0 Å². The first-order valence-electron chi connectivity index (χ1n) is 7.98. The number of pyridine rings is 1. The molecule has 0 aliphatic carbocycles. The van der Waals surface area contributed by atoms with Crippen LogP contribution in [0.15, 0.2) is 54.7 Å². The van der Waals surface area contributed by atoms with Crippen LogP contribution in [0.4, 0.5) is 5.69 Å². The predicted molar refractivity (Wildman–Crippen MR) is 97.8 cm³/mol. The average molecular weight is 346 g/mol. The number of ether oxygens (including phenoxy) is 1. The summed E-state index contributed by atoms with van der Waals surface area (Å²) in [5, 5.41) is 12.4. The van der Waals surface area contributed by atoms with Gasteiger partial charge < -0.3 is 15.2 Å². The number of hydrogen-bond donors (Lipinski definition) is 2. The molecule has 2 heterocycles. The first-order valence-corrected chi connectivity index (χ1v) is 7.98. The standard InChI is InChI=1S/C20H14N2O4/c23-18(24)11-26-17-8-7-12(13-5-3-9-21-19(13)17)10-15-14-4-1-2-6-16(14)22-20(15)25/h1-10H,11H2,(H,22,25)(H,23,24). The van der Waals surface area contributed by atoms with E-state index in [0.29, 0.717) is 16.8 Å². The highest BCUT2D eigenvalue weighted by atomic mass is 16.5. The molecule has 0 unspecified atom stereocenters. The van der Waals surface area contributed by atoms with Gasteiger partial charge in [0.2, 0.25) is 0 Å². The van der Waals surface area contributed by atoms with E-state index in [-0.39, 0.29) is 5.91 Å². The van der Waals surface area contributed by atoms with Gasteiger partial charge in [-0.05, 0) is 29.8 Å². The summed E-state index contributed by atoms with van der Waals surface area (Å²) >= 11 is 0. The second-order valence-corrected chi connectivity index (χ2v) is 5.79. The Bertz CT molecular complexity index is 1070. The number of nitrogens with zero attached hydrogens (tertiary/aromatic N) is 1. The fraction of sp³-hybridized carbons (Fsp3) is 0.0500. The van der Waals surface area contributed by atoms with Crippen LogP contribution in [0.5, 0.6) is 5.75 Å². The summed E-state index contributed by atoms with van der Waals surface area (Å²) in [6.07, 6.45) is 3.43. The Balaban J connectivity index is 1.82. The van der Waals surface area contributed by atoms with Crippen LogP contribution in [0, 0.1) is 0 Å². The predicted octanol–water partition coefficient (Wildman–Crippen LogP) is 3.19. The summed E-state index contributed by atoms with van der Waals surface area (Å²) in [7, 11) is 0. The van der Waals surface area contributed by atoms with Crippen molar-refractivity contribution >= 4 is 40.1 Å². The van der Waals surface area contributed by atoms with Crippen LogP contribution in [0.25, 0.3) is 22.6 Å². The summed E-state index contributed by atoms with van der Waals surface area (Å²) in [4.78, 5) is 27.4. The van der Waals surface area contributed by atoms with E-state index in [4.69, 9.17) is 9.84 Å². The van der Waals surface area contributed by atoms with Crippen LogP contribution < -0.4 is 10.1 Å². The van der Waals surface area contributed by atoms with Gasteiger partial charge in [-0.3, -0.25) is 9.78 Å². The first-order chi connectivity index (χ1) is 12.6. The molecule has 0 saturated heterocycles. The number of rotatable bonds is 4. The van der Waals surface area contributed by atoms with E-state index in [0.717, 1.165) is 22.2 Å². The van der Waals surface area contributed by atoms with Gasteiger partial charge in [-0.1, -0.05) is 30.3 Å². The van der Waals surface area contributed by atoms with Crippen molar-refractivity contribution in [2.24, 2.45) is 0 Å². The van der Waals surface area contributed by atoms with E-state index >= 15 is 0 Å². The lowest BCUT2D eigenvalue weighted by molar-refractivity contribution is -0.139. The van der Waals surface area contributed by atoms with Gasteiger partial charge in [-0.2, -0.15) is 0 Å². The zero-order chi connectivity index (χ0) is 18.1. The van der Waals surface area contributed by atoms with Crippen molar-refractivity contribution in [3.05, 3.63) is 65.9 Å².